The molecule has 1 aromatic carbocycles. The molecule has 1 aliphatic carbocycles. The number of hydrogen-bond acceptors (Lipinski definition) is 4. The van der Waals surface area contributed by atoms with Crippen molar-refractivity contribution in [3.63, 3.8) is 0 Å². The zero-order valence-corrected chi connectivity index (χ0v) is 17.3. The van der Waals surface area contributed by atoms with E-state index in [2.05, 4.69) is 29.5 Å². The quantitative estimate of drug-likeness (QED) is 0.381. The number of rotatable bonds is 7. The molecule has 2 N–H and O–H groups in total. The summed E-state index contributed by atoms with van der Waals surface area (Å²) in [5.41, 5.74) is 0.900. The van der Waals surface area contributed by atoms with Gasteiger partial charge in [0.2, 0.25) is 0 Å². The van der Waals surface area contributed by atoms with E-state index in [1.165, 1.54) is 6.42 Å². The molecule has 1 aliphatic rings. The van der Waals surface area contributed by atoms with E-state index in [0.717, 1.165) is 18.1 Å². The lowest BCUT2D eigenvalue weighted by Gasteiger charge is -2.15. The molecule has 6 nitrogen and oxygen atoms in total. The number of halogens is 1. The first kappa shape index (κ1) is 20.7. The third-order valence-electron chi connectivity index (χ3n) is 3.99. The van der Waals surface area contributed by atoms with E-state index in [1.54, 1.807) is 21.3 Å². The van der Waals surface area contributed by atoms with Crippen LogP contribution in [0.3, 0.4) is 0 Å². The van der Waals surface area contributed by atoms with Crippen LogP contribution in [-0.4, -0.2) is 39.9 Å². The first-order valence-electron chi connectivity index (χ1n) is 7.96. The molecule has 2 unspecified atom stereocenters. The second-order valence-electron chi connectivity index (χ2n) is 5.67. The van der Waals surface area contributed by atoms with Gasteiger partial charge in [-0.05, 0) is 19.3 Å². The number of methoxy groups -OCH3 is 3. The predicted molar refractivity (Wildman–Crippen MR) is 107 cm³/mol. The summed E-state index contributed by atoms with van der Waals surface area (Å²) in [6.45, 7) is 5.58. The molecule has 0 heterocycles. The highest BCUT2D eigenvalue weighted by atomic mass is 127. The maximum absolute atomic E-state index is 5.46. The SMILES string of the molecule is CCNC(=NCc1c(OC)cc(OC)cc1OC)NC1CC1C.I. The highest BCUT2D eigenvalue weighted by Crippen LogP contribution is 2.34. The monoisotopic (exact) mass is 449 g/mol. The number of nitrogens with zero attached hydrogens (tertiary/aromatic N) is 1. The average Bonchev–Trinajstić information content (AvgIpc) is 3.26. The van der Waals surface area contributed by atoms with Gasteiger partial charge in [-0.15, -0.1) is 24.0 Å². The standard InChI is InChI=1S/C17H27N3O3.HI/c1-6-18-17(20-14-7-11(14)2)19-10-13-15(22-4)8-12(21-3)9-16(13)23-5;/h8-9,11,14H,6-7,10H2,1-5H3,(H2,18,19,20);1H. The van der Waals surface area contributed by atoms with Crippen molar-refractivity contribution in [2.24, 2.45) is 10.9 Å². The molecule has 1 saturated carbocycles. The number of guanidine groups is 1. The fourth-order valence-corrected chi connectivity index (χ4v) is 2.41. The van der Waals surface area contributed by atoms with Crippen molar-refractivity contribution in [1.29, 1.82) is 0 Å². The molecule has 136 valence electrons. The van der Waals surface area contributed by atoms with Crippen LogP contribution in [0.4, 0.5) is 0 Å². The van der Waals surface area contributed by atoms with Crippen LogP contribution in [0.1, 0.15) is 25.8 Å². The third kappa shape index (κ3) is 5.32. The molecular weight excluding hydrogens is 421 g/mol. The van der Waals surface area contributed by atoms with E-state index < -0.39 is 0 Å². The fourth-order valence-electron chi connectivity index (χ4n) is 2.41. The van der Waals surface area contributed by atoms with Crippen LogP contribution in [0, 0.1) is 5.92 Å². The Morgan fingerprint density at radius 2 is 1.75 bits per heavy atom. The van der Waals surface area contributed by atoms with Crippen LogP contribution in [0.2, 0.25) is 0 Å². The summed E-state index contributed by atoms with van der Waals surface area (Å²) in [7, 11) is 4.89. The Labute approximate surface area is 161 Å². The average molecular weight is 449 g/mol. The normalized spacial score (nSPS) is 19.1. The summed E-state index contributed by atoms with van der Waals surface area (Å²) in [5.74, 6) is 3.65. The summed E-state index contributed by atoms with van der Waals surface area (Å²) in [6.07, 6.45) is 1.19. The predicted octanol–water partition coefficient (Wildman–Crippen LogP) is 2.79. The molecule has 1 aromatic rings. The molecule has 24 heavy (non-hydrogen) atoms. The molecule has 2 rings (SSSR count). The third-order valence-corrected chi connectivity index (χ3v) is 3.99. The minimum absolute atomic E-state index is 0. The van der Waals surface area contributed by atoms with Crippen LogP contribution in [0.25, 0.3) is 0 Å². The zero-order chi connectivity index (χ0) is 16.8. The van der Waals surface area contributed by atoms with E-state index in [1.807, 2.05) is 12.1 Å². The van der Waals surface area contributed by atoms with E-state index >= 15 is 0 Å². The van der Waals surface area contributed by atoms with Gasteiger partial charge in [-0.25, -0.2) is 4.99 Å². The Hall–Kier alpha value is -1.38. The highest BCUT2D eigenvalue weighted by Gasteiger charge is 2.33. The lowest BCUT2D eigenvalue weighted by Crippen LogP contribution is -2.39. The molecule has 0 aromatic heterocycles. The molecule has 0 spiro atoms. The van der Waals surface area contributed by atoms with Gasteiger partial charge in [-0.3, -0.25) is 0 Å². The van der Waals surface area contributed by atoms with E-state index in [9.17, 15) is 0 Å². The van der Waals surface area contributed by atoms with Crippen molar-refractivity contribution < 1.29 is 14.2 Å². The smallest absolute Gasteiger partial charge is 0.191 e. The van der Waals surface area contributed by atoms with E-state index in [0.29, 0.717) is 35.8 Å². The lowest BCUT2D eigenvalue weighted by atomic mass is 10.1. The number of hydrogen-bond donors (Lipinski definition) is 2. The van der Waals surface area contributed by atoms with Gasteiger partial charge >= 0.3 is 0 Å². The first-order valence-corrected chi connectivity index (χ1v) is 7.96. The lowest BCUT2D eigenvalue weighted by molar-refractivity contribution is 0.369. The number of benzene rings is 1. The maximum Gasteiger partial charge on any atom is 0.191 e. The number of ether oxygens (including phenoxy) is 3. The molecule has 0 bridgehead atoms. The molecule has 0 radical (unpaired) electrons. The van der Waals surface area contributed by atoms with Crippen LogP contribution < -0.4 is 24.8 Å². The van der Waals surface area contributed by atoms with Crippen molar-refractivity contribution >= 4 is 29.9 Å². The van der Waals surface area contributed by atoms with Gasteiger partial charge in [-0.2, -0.15) is 0 Å². The number of aliphatic imine (C=N–C) groups is 1. The van der Waals surface area contributed by atoms with Crippen molar-refractivity contribution in [2.45, 2.75) is 32.9 Å². The van der Waals surface area contributed by atoms with Crippen LogP contribution in [0.15, 0.2) is 17.1 Å². The Balaban J connectivity index is 0.00000288. The van der Waals surface area contributed by atoms with Crippen molar-refractivity contribution in [3.05, 3.63) is 17.7 Å². The van der Waals surface area contributed by atoms with Gasteiger partial charge in [-0.1, -0.05) is 6.92 Å². The molecular formula is C17H28IN3O3. The molecule has 0 aliphatic heterocycles. The van der Waals surface area contributed by atoms with Gasteiger partial charge in [0.25, 0.3) is 0 Å². The van der Waals surface area contributed by atoms with Crippen molar-refractivity contribution in [2.75, 3.05) is 27.9 Å². The summed E-state index contributed by atoms with van der Waals surface area (Å²) >= 11 is 0. The summed E-state index contributed by atoms with van der Waals surface area (Å²) < 4.78 is 16.2. The Kier molecular flexibility index (Phi) is 8.44. The van der Waals surface area contributed by atoms with Gasteiger partial charge < -0.3 is 24.8 Å². The van der Waals surface area contributed by atoms with Crippen LogP contribution >= 0.6 is 24.0 Å². The summed E-state index contributed by atoms with van der Waals surface area (Å²) in [6, 6.07) is 4.21. The largest absolute Gasteiger partial charge is 0.496 e. The van der Waals surface area contributed by atoms with Gasteiger partial charge in [0.1, 0.15) is 17.2 Å². The Morgan fingerprint density at radius 1 is 1.17 bits per heavy atom. The van der Waals surface area contributed by atoms with Crippen LogP contribution in [-0.2, 0) is 6.54 Å². The van der Waals surface area contributed by atoms with Gasteiger partial charge in [0.05, 0.1) is 33.4 Å². The minimum atomic E-state index is 0. The summed E-state index contributed by atoms with van der Waals surface area (Å²) in [4.78, 5) is 4.66. The first-order chi connectivity index (χ1) is 11.1. The molecule has 7 heteroatoms. The fraction of sp³-hybridized carbons (Fsp3) is 0.588. The maximum atomic E-state index is 5.46. The number of nitrogens with one attached hydrogen (secondary N) is 2. The van der Waals surface area contributed by atoms with E-state index in [4.69, 9.17) is 14.2 Å². The van der Waals surface area contributed by atoms with E-state index in [-0.39, 0.29) is 24.0 Å². The topological polar surface area (TPSA) is 64.1 Å². The minimum Gasteiger partial charge on any atom is -0.496 e. The Morgan fingerprint density at radius 3 is 2.17 bits per heavy atom. The zero-order valence-electron chi connectivity index (χ0n) is 15.0. The second kappa shape index (κ2) is 9.80. The van der Waals surface area contributed by atoms with Gasteiger partial charge in [0, 0.05) is 24.7 Å². The Bertz CT molecular complexity index is 541. The van der Waals surface area contributed by atoms with Crippen molar-refractivity contribution in [3.8, 4) is 17.2 Å². The molecule has 0 amide bonds. The second-order valence-corrected chi connectivity index (χ2v) is 5.67. The molecule has 1 fully saturated rings. The summed E-state index contributed by atoms with van der Waals surface area (Å²) in [5, 5.41) is 6.72. The molecule has 2 atom stereocenters. The highest BCUT2D eigenvalue weighted by molar-refractivity contribution is 14.0. The molecule has 0 saturated heterocycles. The van der Waals surface area contributed by atoms with Crippen molar-refractivity contribution in [1.82, 2.24) is 10.6 Å². The van der Waals surface area contributed by atoms with Gasteiger partial charge in [0.15, 0.2) is 5.96 Å². The van der Waals surface area contributed by atoms with Crippen LogP contribution in [0.5, 0.6) is 17.2 Å².